The second kappa shape index (κ2) is 5.26. The third-order valence-corrected chi connectivity index (χ3v) is 3.44. The maximum atomic E-state index is 10.9. The van der Waals surface area contributed by atoms with Crippen LogP contribution < -0.4 is 10.1 Å². The lowest BCUT2D eigenvalue weighted by atomic mass is 10.3. The maximum Gasteiger partial charge on any atom is 0.231 e. The topological polar surface area (TPSA) is 64.1 Å². The summed E-state index contributed by atoms with van der Waals surface area (Å²) in [6.07, 6.45) is 1.49. The lowest BCUT2D eigenvalue weighted by Gasteiger charge is -2.07. The van der Waals surface area contributed by atoms with Crippen molar-refractivity contribution in [2.75, 3.05) is 5.32 Å². The largest absolute Gasteiger partial charge is 0.438 e. The van der Waals surface area contributed by atoms with E-state index in [1.54, 1.807) is 35.6 Å². The zero-order valence-corrected chi connectivity index (χ0v) is 11.5. The molecule has 3 aromatic rings. The smallest absolute Gasteiger partial charge is 0.231 e. The zero-order valence-electron chi connectivity index (χ0n) is 10.7. The second-order valence-corrected chi connectivity index (χ2v) is 5.02. The molecule has 1 amide bonds. The molecular weight excluding hydrogens is 274 g/mol. The molecule has 6 heteroatoms. The van der Waals surface area contributed by atoms with Crippen molar-refractivity contribution in [3.63, 3.8) is 0 Å². The molecule has 2 aromatic heterocycles. The lowest BCUT2D eigenvalue weighted by molar-refractivity contribution is -0.114. The first-order chi connectivity index (χ1) is 9.72. The number of anilines is 1. The van der Waals surface area contributed by atoms with E-state index in [-0.39, 0.29) is 5.91 Å². The van der Waals surface area contributed by atoms with Crippen LogP contribution >= 0.6 is 11.3 Å². The Balaban J connectivity index is 1.84. The summed E-state index contributed by atoms with van der Waals surface area (Å²) < 4.78 is 5.75. The Kier molecular flexibility index (Phi) is 3.30. The molecule has 0 atom stereocenters. The van der Waals surface area contributed by atoms with Crippen LogP contribution in [0, 0.1) is 0 Å². The number of nitrogens with zero attached hydrogens (tertiary/aromatic N) is 2. The number of benzene rings is 1. The fraction of sp³-hybridized carbons (Fsp3) is 0.0714. The molecule has 0 aliphatic rings. The van der Waals surface area contributed by atoms with Gasteiger partial charge in [-0.2, -0.15) is 0 Å². The second-order valence-electron chi connectivity index (χ2n) is 4.13. The normalized spacial score (nSPS) is 10.4. The number of thiophene rings is 1. The van der Waals surface area contributed by atoms with Crippen molar-refractivity contribution in [1.29, 1.82) is 0 Å². The first-order valence-electron chi connectivity index (χ1n) is 5.96. The van der Waals surface area contributed by atoms with E-state index in [4.69, 9.17) is 4.74 Å². The van der Waals surface area contributed by atoms with Gasteiger partial charge in [0, 0.05) is 12.6 Å². The van der Waals surface area contributed by atoms with Gasteiger partial charge >= 0.3 is 0 Å². The van der Waals surface area contributed by atoms with Crippen LogP contribution in [0.5, 0.6) is 11.6 Å². The average Bonchev–Trinajstić information content (AvgIpc) is 2.90. The molecule has 0 bridgehead atoms. The van der Waals surface area contributed by atoms with E-state index < -0.39 is 0 Å². The minimum absolute atomic E-state index is 0.102. The van der Waals surface area contributed by atoms with E-state index >= 15 is 0 Å². The summed E-state index contributed by atoms with van der Waals surface area (Å²) in [7, 11) is 0. The third kappa shape index (κ3) is 2.60. The molecule has 100 valence electrons. The number of carbonyl (C=O) groups is 1. The predicted octanol–water partition coefficient (Wildman–Crippen LogP) is 3.44. The lowest BCUT2D eigenvalue weighted by Crippen LogP contribution is -2.05. The van der Waals surface area contributed by atoms with Gasteiger partial charge in [0.05, 0.1) is 5.39 Å². The van der Waals surface area contributed by atoms with Crippen LogP contribution in [-0.2, 0) is 4.79 Å². The Morgan fingerprint density at radius 1 is 1.20 bits per heavy atom. The summed E-state index contributed by atoms with van der Waals surface area (Å²) in [5.41, 5.74) is 0.730. The van der Waals surface area contributed by atoms with Crippen LogP contribution in [-0.4, -0.2) is 15.9 Å². The number of rotatable bonds is 3. The molecule has 0 spiro atoms. The van der Waals surface area contributed by atoms with Crippen LogP contribution in [0.15, 0.2) is 42.0 Å². The fourth-order valence-electron chi connectivity index (χ4n) is 1.77. The highest BCUT2D eigenvalue weighted by Crippen LogP contribution is 2.29. The molecular formula is C14H11N3O2S. The van der Waals surface area contributed by atoms with E-state index in [9.17, 15) is 4.79 Å². The van der Waals surface area contributed by atoms with Crippen molar-refractivity contribution >= 4 is 33.1 Å². The summed E-state index contributed by atoms with van der Waals surface area (Å²) in [5.74, 6) is 1.09. The third-order valence-electron chi connectivity index (χ3n) is 2.61. The Hall–Kier alpha value is -2.47. The molecule has 0 saturated carbocycles. The van der Waals surface area contributed by atoms with E-state index in [1.165, 1.54) is 13.3 Å². The molecule has 0 fully saturated rings. The van der Waals surface area contributed by atoms with Crippen LogP contribution in [0.2, 0.25) is 0 Å². The minimum atomic E-state index is -0.102. The molecule has 0 unspecified atom stereocenters. The zero-order chi connectivity index (χ0) is 13.9. The first kappa shape index (κ1) is 12.6. The number of aromatic nitrogens is 2. The summed E-state index contributed by atoms with van der Waals surface area (Å²) >= 11 is 1.54. The van der Waals surface area contributed by atoms with Crippen LogP contribution in [0.25, 0.3) is 10.2 Å². The number of amides is 1. The van der Waals surface area contributed by atoms with Crippen LogP contribution in [0.3, 0.4) is 0 Å². The van der Waals surface area contributed by atoms with Crippen molar-refractivity contribution in [3.05, 3.63) is 42.0 Å². The van der Waals surface area contributed by atoms with E-state index in [0.717, 1.165) is 15.9 Å². The summed E-state index contributed by atoms with van der Waals surface area (Å²) in [5, 5.41) is 5.55. The number of hydrogen-bond acceptors (Lipinski definition) is 5. The molecule has 1 aromatic carbocycles. The molecule has 2 heterocycles. The quantitative estimate of drug-likeness (QED) is 0.800. The Morgan fingerprint density at radius 2 is 2.00 bits per heavy atom. The van der Waals surface area contributed by atoms with Gasteiger partial charge in [0.25, 0.3) is 0 Å². The van der Waals surface area contributed by atoms with Gasteiger partial charge in [0.1, 0.15) is 16.9 Å². The highest BCUT2D eigenvalue weighted by Gasteiger charge is 2.07. The van der Waals surface area contributed by atoms with E-state index in [2.05, 4.69) is 15.3 Å². The van der Waals surface area contributed by atoms with Gasteiger partial charge in [-0.3, -0.25) is 4.79 Å². The van der Waals surface area contributed by atoms with Crippen LogP contribution in [0.4, 0.5) is 5.69 Å². The molecule has 5 nitrogen and oxygen atoms in total. The molecule has 3 rings (SSSR count). The van der Waals surface area contributed by atoms with Crippen molar-refractivity contribution < 1.29 is 9.53 Å². The highest BCUT2D eigenvalue weighted by molar-refractivity contribution is 7.16. The van der Waals surface area contributed by atoms with Crippen LogP contribution in [0.1, 0.15) is 6.92 Å². The number of hydrogen-bond donors (Lipinski definition) is 1. The molecule has 1 N–H and O–H groups in total. The van der Waals surface area contributed by atoms with Gasteiger partial charge in [0.2, 0.25) is 11.8 Å². The Labute approximate surface area is 119 Å². The fourth-order valence-corrected chi connectivity index (χ4v) is 2.49. The number of nitrogens with one attached hydrogen (secondary N) is 1. The number of fused-ring (bicyclic) bond motifs is 1. The standard InChI is InChI=1S/C14H11N3O2S/c1-9(18)17-10-2-4-11(5-3-10)19-13-12-6-7-20-14(12)16-8-15-13/h2-8H,1H3,(H,17,18). The minimum Gasteiger partial charge on any atom is -0.438 e. The van der Waals surface area contributed by atoms with Gasteiger partial charge < -0.3 is 10.1 Å². The highest BCUT2D eigenvalue weighted by atomic mass is 32.1. The number of carbonyl (C=O) groups excluding carboxylic acids is 1. The Bertz CT molecular complexity index is 752. The monoisotopic (exact) mass is 285 g/mol. The summed E-state index contributed by atoms with van der Waals surface area (Å²) in [6, 6.07) is 9.06. The molecule has 0 radical (unpaired) electrons. The van der Waals surface area contributed by atoms with Gasteiger partial charge in [-0.1, -0.05) is 0 Å². The molecule has 20 heavy (non-hydrogen) atoms. The first-order valence-corrected chi connectivity index (χ1v) is 6.84. The van der Waals surface area contributed by atoms with Gasteiger partial charge in [-0.05, 0) is 35.7 Å². The van der Waals surface area contributed by atoms with E-state index in [1.807, 2.05) is 11.4 Å². The average molecular weight is 285 g/mol. The molecule has 0 aliphatic heterocycles. The van der Waals surface area contributed by atoms with Crippen molar-refractivity contribution in [1.82, 2.24) is 9.97 Å². The maximum absolute atomic E-state index is 10.9. The molecule has 0 saturated heterocycles. The Morgan fingerprint density at radius 3 is 2.75 bits per heavy atom. The van der Waals surface area contributed by atoms with E-state index in [0.29, 0.717) is 11.6 Å². The van der Waals surface area contributed by atoms with Crippen molar-refractivity contribution in [3.8, 4) is 11.6 Å². The predicted molar refractivity (Wildman–Crippen MR) is 78.2 cm³/mol. The van der Waals surface area contributed by atoms with Gasteiger partial charge in [-0.25, -0.2) is 9.97 Å². The summed E-state index contributed by atoms with van der Waals surface area (Å²) in [6.45, 7) is 1.47. The van der Waals surface area contributed by atoms with Gasteiger partial charge in [0.15, 0.2) is 0 Å². The number of ether oxygens (including phenoxy) is 1. The SMILES string of the molecule is CC(=O)Nc1ccc(Oc2ncnc3sccc23)cc1. The summed E-state index contributed by atoms with van der Waals surface area (Å²) in [4.78, 5) is 20.2. The van der Waals surface area contributed by atoms with Crippen molar-refractivity contribution in [2.24, 2.45) is 0 Å². The van der Waals surface area contributed by atoms with Crippen molar-refractivity contribution in [2.45, 2.75) is 6.92 Å². The van der Waals surface area contributed by atoms with Gasteiger partial charge in [-0.15, -0.1) is 11.3 Å². The molecule has 0 aliphatic carbocycles.